The molecule has 2 bridgehead atoms. The van der Waals surface area contributed by atoms with Gasteiger partial charge in [-0.2, -0.15) is 0 Å². The van der Waals surface area contributed by atoms with Crippen molar-refractivity contribution >= 4 is 5.91 Å². The Hall–Kier alpha value is -1.87. The number of hydrogen-bond donors (Lipinski definition) is 1. The number of carbonyl (C=O) groups excluding carboxylic acids is 1. The Kier molecular flexibility index (Phi) is 3.42. The lowest BCUT2D eigenvalue weighted by molar-refractivity contribution is -0.129. The minimum absolute atomic E-state index is 0.0194. The molecule has 3 aliphatic carbocycles. The van der Waals surface area contributed by atoms with Gasteiger partial charge in [-0.1, -0.05) is 42.5 Å². The Balaban J connectivity index is 1.70. The van der Waals surface area contributed by atoms with Crippen LogP contribution in [-0.2, 0) is 4.79 Å². The highest BCUT2D eigenvalue weighted by Crippen LogP contribution is 2.56. The molecule has 4 rings (SSSR count). The quantitative estimate of drug-likeness (QED) is 0.870. The van der Waals surface area contributed by atoms with E-state index >= 15 is 0 Å². The molecule has 0 spiro atoms. The molecule has 1 aromatic carbocycles. The van der Waals surface area contributed by atoms with Gasteiger partial charge in [0.2, 0.25) is 5.91 Å². The smallest absolute Gasteiger partial charge is 0.224 e. The van der Waals surface area contributed by atoms with E-state index in [0.717, 1.165) is 17.7 Å². The van der Waals surface area contributed by atoms with Crippen molar-refractivity contribution in [3.05, 3.63) is 59.8 Å². The van der Waals surface area contributed by atoms with E-state index in [2.05, 4.69) is 31.2 Å². The molecule has 0 aromatic heterocycles. The molecule has 1 aromatic rings. The Morgan fingerprint density at radius 3 is 2.61 bits per heavy atom. The lowest BCUT2D eigenvalue weighted by Crippen LogP contribution is -2.35. The van der Waals surface area contributed by atoms with Crippen LogP contribution in [0.4, 0.5) is 0 Å². The largest absolute Gasteiger partial charge is 0.389 e. The summed E-state index contributed by atoms with van der Waals surface area (Å²) in [6.07, 6.45) is 7.16. The number of benzene rings is 1. The van der Waals surface area contributed by atoms with Crippen molar-refractivity contribution in [2.24, 2.45) is 23.7 Å². The van der Waals surface area contributed by atoms with Gasteiger partial charge in [0, 0.05) is 24.5 Å². The summed E-state index contributed by atoms with van der Waals surface area (Å²) in [5, 5.41) is 10.5. The highest BCUT2D eigenvalue weighted by molar-refractivity contribution is 5.76. The first kappa shape index (κ1) is 14.7. The Morgan fingerprint density at radius 1 is 1.22 bits per heavy atom. The molecule has 3 aliphatic rings. The molecule has 1 amide bonds. The number of fused-ring (bicyclic) bond motifs is 5. The van der Waals surface area contributed by atoms with E-state index in [1.807, 2.05) is 29.2 Å². The van der Waals surface area contributed by atoms with Gasteiger partial charge in [0.15, 0.2) is 0 Å². The van der Waals surface area contributed by atoms with Gasteiger partial charge in [0.05, 0.1) is 12.1 Å². The fraction of sp³-hybridized carbons (Fsp3) is 0.450. The molecule has 0 aliphatic heterocycles. The van der Waals surface area contributed by atoms with Crippen LogP contribution in [0.2, 0.25) is 0 Å². The summed E-state index contributed by atoms with van der Waals surface area (Å²) < 4.78 is 0. The minimum Gasteiger partial charge on any atom is -0.389 e. The molecule has 0 radical (unpaired) electrons. The van der Waals surface area contributed by atoms with E-state index in [1.165, 1.54) is 0 Å². The van der Waals surface area contributed by atoms with Gasteiger partial charge in [-0.05, 0) is 36.8 Å². The Morgan fingerprint density at radius 2 is 1.91 bits per heavy atom. The standard InChI is InChI=1S/C20H23NO2/c1-12(14-6-4-3-5-7-14)21(13(2)22)17-11-18(23)20-16-9-8-15(10-16)19(17)20/h3-9,11-12,15-16,18-20,23H,10H2,1-2H3/t12-,15-,16+,18-,19+,20-/m1/s1. The maximum absolute atomic E-state index is 12.4. The summed E-state index contributed by atoms with van der Waals surface area (Å²) >= 11 is 0. The van der Waals surface area contributed by atoms with E-state index < -0.39 is 6.10 Å². The van der Waals surface area contributed by atoms with Crippen LogP contribution in [0.25, 0.3) is 0 Å². The topological polar surface area (TPSA) is 40.5 Å². The zero-order valence-electron chi connectivity index (χ0n) is 13.6. The van der Waals surface area contributed by atoms with Gasteiger partial charge in [0.25, 0.3) is 0 Å². The molecule has 0 saturated heterocycles. The third kappa shape index (κ3) is 2.18. The summed E-state index contributed by atoms with van der Waals surface area (Å²) in [6.45, 7) is 3.70. The molecule has 3 nitrogen and oxygen atoms in total. The maximum atomic E-state index is 12.4. The third-order valence-corrected chi connectivity index (χ3v) is 5.88. The van der Waals surface area contributed by atoms with Crippen molar-refractivity contribution in [2.45, 2.75) is 32.4 Å². The Labute approximate surface area is 137 Å². The normalized spacial score (nSPS) is 35.1. The predicted molar refractivity (Wildman–Crippen MR) is 89.2 cm³/mol. The first-order valence-electron chi connectivity index (χ1n) is 8.50. The summed E-state index contributed by atoms with van der Waals surface area (Å²) in [5.41, 5.74) is 2.16. The highest BCUT2D eigenvalue weighted by atomic mass is 16.3. The predicted octanol–water partition coefficient (Wildman–Crippen LogP) is 3.29. The van der Waals surface area contributed by atoms with Crippen LogP contribution in [0.5, 0.6) is 0 Å². The lowest BCUT2D eigenvalue weighted by Gasteiger charge is -2.35. The molecule has 3 heteroatoms. The SMILES string of the molecule is CC(=O)N(C1=C[C@@H](O)[C@@H]2[C@H]1[C@@H]1C=C[C@H]2C1)[C@H](C)c1ccccc1. The van der Waals surface area contributed by atoms with Crippen LogP contribution < -0.4 is 0 Å². The maximum Gasteiger partial charge on any atom is 0.224 e. The third-order valence-electron chi connectivity index (χ3n) is 5.88. The second-order valence-corrected chi connectivity index (χ2v) is 7.11. The summed E-state index contributed by atoms with van der Waals surface area (Å²) in [4.78, 5) is 14.3. The van der Waals surface area contributed by atoms with E-state index in [4.69, 9.17) is 0 Å². The zero-order chi connectivity index (χ0) is 16.1. The number of carbonyl (C=O) groups is 1. The molecular weight excluding hydrogens is 286 g/mol. The Bertz CT molecular complexity index is 678. The summed E-state index contributed by atoms with van der Waals surface area (Å²) in [5.74, 6) is 1.53. The number of hydrogen-bond acceptors (Lipinski definition) is 2. The highest BCUT2D eigenvalue weighted by Gasteiger charge is 2.53. The average Bonchev–Trinajstić information content (AvgIpc) is 3.22. The molecule has 23 heavy (non-hydrogen) atoms. The van der Waals surface area contributed by atoms with Crippen molar-refractivity contribution in [3.8, 4) is 0 Å². The fourth-order valence-electron chi connectivity index (χ4n) is 4.94. The second kappa shape index (κ2) is 5.34. The van der Waals surface area contributed by atoms with E-state index in [-0.39, 0.29) is 23.8 Å². The lowest BCUT2D eigenvalue weighted by atomic mass is 9.82. The van der Waals surface area contributed by atoms with E-state index in [0.29, 0.717) is 11.8 Å². The van der Waals surface area contributed by atoms with Gasteiger partial charge in [0.1, 0.15) is 0 Å². The number of rotatable bonds is 3. The van der Waals surface area contributed by atoms with E-state index in [9.17, 15) is 9.90 Å². The molecule has 1 N–H and O–H groups in total. The molecule has 120 valence electrons. The summed E-state index contributed by atoms with van der Waals surface area (Å²) in [6, 6.07) is 10.1. The average molecular weight is 309 g/mol. The van der Waals surface area contributed by atoms with Crippen molar-refractivity contribution in [1.29, 1.82) is 0 Å². The number of nitrogens with zero attached hydrogens (tertiary/aromatic N) is 1. The van der Waals surface area contributed by atoms with Gasteiger partial charge in [-0.15, -0.1) is 0 Å². The molecule has 0 heterocycles. The number of amides is 1. The summed E-state index contributed by atoms with van der Waals surface area (Å²) in [7, 11) is 0. The molecular formula is C20H23NO2. The van der Waals surface area contributed by atoms with Gasteiger partial charge in [-0.3, -0.25) is 4.79 Å². The van der Waals surface area contributed by atoms with Crippen molar-refractivity contribution in [2.75, 3.05) is 0 Å². The van der Waals surface area contributed by atoms with Crippen LogP contribution in [0, 0.1) is 23.7 Å². The minimum atomic E-state index is -0.431. The number of aliphatic hydroxyl groups is 1. The van der Waals surface area contributed by atoms with Gasteiger partial charge >= 0.3 is 0 Å². The van der Waals surface area contributed by atoms with Crippen molar-refractivity contribution < 1.29 is 9.90 Å². The molecule has 1 fully saturated rings. The van der Waals surface area contributed by atoms with E-state index in [1.54, 1.807) is 6.92 Å². The van der Waals surface area contributed by atoms with Crippen LogP contribution in [0.3, 0.4) is 0 Å². The van der Waals surface area contributed by atoms with Crippen molar-refractivity contribution in [3.63, 3.8) is 0 Å². The molecule has 6 atom stereocenters. The van der Waals surface area contributed by atoms with Crippen molar-refractivity contribution in [1.82, 2.24) is 4.90 Å². The second-order valence-electron chi connectivity index (χ2n) is 7.11. The number of aliphatic hydroxyl groups excluding tert-OH is 1. The van der Waals surface area contributed by atoms with Crippen LogP contribution in [0.1, 0.15) is 31.9 Å². The van der Waals surface area contributed by atoms with Crippen LogP contribution >= 0.6 is 0 Å². The van der Waals surface area contributed by atoms with Gasteiger partial charge < -0.3 is 10.0 Å². The van der Waals surface area contributed by atoms with Gasteiger partial charge in [-0.25, -0.2) is 0 Å². The zero-order valence-corrected chi connectivity index (χ0v) is 13.6. The monoisotopic (exact) mass is 309 g/mol. The first-order chi connectivity index (χ1) is 11.1. The fourth-order valence-corrected chi connectivity index (χ4v) is 4.94. The van der Waals surface area contributed by atoms with Crippen LogP contribution in [0.15, 0.2) is 54.3 Å². The first-order valence-corrected chi connectivity index (χ1v) is 8.50. The van der Waals surface area contributed by atoms with Crippen LogP contribution in [-0.4, -0.2) is 22.0 Å². The number of allylic oxidation sites excluding steroid dienone is 3. The molecule has 0 unspecified atom stereocenters. The molecule has 1 saturated carbocycles.